The van der Waals surface area contributed by atoms with Gasteiger partial charge in [0.2, 0.25) is 0 Å². The summed E-state index contributed by atoms with van der Waals surface area (Å²) in [6.45, 7) is 4.24. The van der Waals surface area contributed by atoms with Crippen molar-refractivity contribution in [2.45, 2.75) is 19.1 Å². The van der Waals surface area contributed by atoms with Gasteiger partial charge in [-0.1, -0.05) is 6.07 Å². The Balaban J connectivity index is 0.00000242. The second-order valence-electron chi connectivity index (χ2n) is 4.92. The van der Waals surface area contributed by atoms with Crippen LogP contribution in [0.4, 0.5) is 0 Å². The number of ether oxygens (including phenoxy) is 3. The first-order valence-corrected chi connectivity index (χ1v) is 7.10. The van der Waals surface area contributed by atoms with Crippen molar-refractivity contribution in [1.82, 2.24) is 10.6 Å². The van der Waals surface area contributed by atoms with Gasteiger partial charge in [0, 0.05) is 19.2 Å². The molecule has 2 unspecified atom stereocenters. The van der Waals surface area contributed by atoms with E-state index in [9.17, 15) is 4.79 Å². The van der Waals surface area contributed by atoms with Crippen LogP contribution in [0.25, 0.3) is 0 Å². The second kappa shape index (κ2) is 9.50. The third kappa shape index (κ3) is 5.71. The lowest BCUT2D eigenvalue weighted by atomic mass is 10.2. The van der Waals surface area contributed by atoms with E-state index >= 15 is 0 Å². The van der Waals surface area contributed by atoms with Crippen LogP contribution in [0.1, 0.15) is 6.92 Å². The van der Waals surface area contributed by atoms with Crippen molar-refractivity contribution in [2.24, 2.45) is 0 Å². The molecule has 2 rings (SSSR count). The lowest BCUT2D eigenvalue weighted by molar-refractivity contribution is -0.134. The Labute approximate surface area is 136 Å². The van der Waals surface area contributed by atoms with Crippen LogP contribution in [-0.4, -0.2) is 51.5 Å². The maximum Gasteiger partial charge on any atom is 0.250 e. The third-order valence-corrected chi connectivity index (χ3v) is 3.16. The average Bonchev–Trinajstić information content (AvgIpc) is 2.53. The van der Waals surface area contributed by atoms with Crippen molar-refractivity contribution in [2.75, 3.05) is 33.4 Å². The van der Waals surface area contributed by atoms with Crippen LogP contribution in [-0.2, 0) is 9.53 Å². The van der Waals surface area contributed by atoms with Crippen LogP contribution in [0.2, 0.25) is 0 Å². The van der Waals surface area contributed by atoms with Crippen LogP contribution in [0.15, 0.2) is 24.3 Å². The molecule has 2 N–H and O–H groups in total. The minimum atomic E-state index is -0.414. The van der Waals surface area contributed by atoms with Gasteiger partial charge in [0.1, 0.15) is 23.7 Å². The van der Waals surface area contributed by atoms with E-state index in [0.29, 0.717) is 25.4 Å². The Hall–Kier alpha value is -1.50. The molecule has 0 aliphatic carbocycles. The first kappa shape index (κ1) is 18.5. The van der Waals surface area contributed by atoms with Gasteiger partial charge in [-0.25, -0.2) is 0 Å². The van der Waals surface area contributed by atoms with Gasteiger partial charge in [0.15, 0.2) is 0 Å². The summed E-state index contributed by atoms with van der Waals surface area (Å²) in [7, 11) is 1.61. The number of hydrogen-bond acceptors (Lipinski definition) is 5. The Morgan fingerprint density at radius 2 is 2.27 bits per heavy atom. The smallest absolute Gasteiger partial charge is 0.250 e. The lowest BCUT2D eigenvalue weighted by Gasteiger charge is -2.23. The summed E-state index contributed by atoms with van der Waals surface area (Å²) in [5.41, 5.74) is 0. The van der Waals surface area contributed by atoms with Crippen molar-refractivity contribution in [3.63, 3.8) is 0 Å². The van der Waals surface area contributed by atoms with Crippen molar-refractivity contribution in [3.05, 3.63) is 24.3 Å². The molecular weight excluding hydrogens is 308 g/mol. The number of carbonyl (C=O) groups excluding carboxylic acids is 1. The average molecular weight is 331 g/mol. The van der Waals surface area contributed by atoms with Crippen molar-refractivity contribution >= 4 is 18.3 Å². The van der Waals surface area contributed by atoms with Crippen molar-refractivity contribution in [3.8, 4) is 11.5 Å². The normalized spacial score (nSPS) is 18.7. The summed E-state index contributed by atoms with van der Waals surface area (Å²) in [6, 6.07) is 7.38. The van der Waals surface area contributed by atoms with Crippen molar-refractivity contribution in [1.29, 1.82) is 0 Å². The maximum atomic E-state index is 11.9. The van der Waals surface area contributed by atoms with Gasteiger partial charge in [-0.15, -0.1) is 12.4 Å². The lowest BCUT2D eigenvalue weighted by Crippen LogP contribution is -2.49. The fraction of sp³-hybridized carbons (Fsp3) is 0.533. The molecule has 1 aliphatic heterocycles. The Morgan fingerprint density at radius 1 is 1.50 bits per heavy atom. The molecule has 1 amide bonds. The zero-order valence-corrected chi connectivity index (χ0v) is 13.7. The molecule has 1 heterocycles. The summed E-state index contributed by atoms with van der Waals surface area (Å²) >= 11 is 0. The highest BCUT2D eigenvalue weighted by Crippen LogP contribution is 2.19. The number of amides is 1. The largest absolute Gasteiger partial charge is 0.497 e. The van der Waals surface area contributed by atoms with Crippen LogP contribution in [0.5, 0.6) is 11.5 Å². The molecule has 6 nitrogen and oxygen atoms in total. The molecule has 0 spiro atoms. The van der Waals surface area contributed by atoms with Gasteiger partial charge in [0.25, 0.3) is 5.91 Å². The monoisotopic (exact) mass is 330 g/mol. The molecule has 0 saturated carbocycles. The number of morpholine rings is 1. The van der Waals surface area contributed by atoms with Gasteiger partial charge in [-0.05, 0) is 19.1 Å². The van der Waals surface area contributed by atoms with E-state index in [1.54, 1.807) is 7.11 Å². The molecule has 1 aromatic carbocycles. The van der Waals surface area contributed by atoms with Gasteiger partial charge in [0.05, 0.1) is 20.3 Å². The number of halogens is 1. The van der Waals surface area contributed by atoms with Gasteiger partial charge in [-0.3, -0.25) is 4.79 Å². The summed E-state index contributed by atoms with van der Waals surface area (Å²) < 4.78 is 16.3. The predicted molar refractivity (Wildman–Crippen MR) is 86.0 cm³/mol. The van der Waals surface area contributed by atoms with Crippen LogP contribution < -0.4 is 20.1 Å². The summed E-state index contributed by atoms with van der Waals surface area (Å²) in [6.07, 6.45) is -0.555. The highest BCUT2D eigenvalue weighted by Gasteiger charge is 2.21. The molecule has 1 aromatic rings. The highest BCUT2D eigenvalue weighted by atomic mass is 35.5. The maximum absolute atomic E-state index is 11.9. The van der Waals surface area contributed by atoms with Crippen LogP contribution >= 0.6 is 12.4 Å². The third-order valence-electron chi connectivity index (χ3n) is 3.16. The zero-order chi connectivity index (χ0) is 15.1. The Morgan fingerprint density at radius 3 is 2.95 bits per heavy atom. The van der Waals surface area contributed by atoms with E-state index in [1.807, 2.05) is 31.2 Å². The fourth-order valence-electron chi connectivity index (χ4n) is 2.04. The topological polar surface area (TPSA) is 68.8 Å². The zero-order valence-electron chi connectivity index (χ0n) is 12.8. The SMILES string of the molecule is COc1cccc(OC(C)CNC(=O)C2CNCCO2)c1.Cl. The molecule has 0 bridgehead atoms. The first-order valence-electron chi connectivity index (χ1n) is 7.10. The summed E-state index contributed by atoms with van der Waals surface area (Å²) in [5, 5.41) is 5.97. The molecule has 7 heteroatoms. The predicted octanol–water partition coefficient (Wildman–Crippen LogP) is 0.989. The van der Waals surface area contributed by atoms with Crippen LogP contribution in [0, 0.1) is 0 Å². The molecule has 124 valence electrons. The molecule has 1 fully saturated rings. The quantitative estimate of drug-likeness (QED) is 0.814. The number of carbonyl (C=O) groups is 1. The standard InChI is InChI=1S/C15H22N2O4.ClH/c1-11(21-13-5-3-4-12(8-13)19-2)9-17-15(18)14-10-16-6-7-20-14;/h3-5,8,11,14,16H,6-7,9-10H2,1-2H3,(H,17,18);1H. The van der Waals surface area contributed by atoms with E-state index in [1.165, 1.54) is 0 Å². The molecular formula is C15H23ClN2O4. The van der Waals surface area contributed by atoms with E-state index in [-0.39, 0.29) is 24.4 Å². The molecule has 1 saturated heterocycles. The number of nitrogens with one attached hydrogen (secondary N) is 2. The fourth-order valence-corrected chi connectivity index (χ4v) is 2.04. The Bertz CT molecular complexity index is 467. The Kier molecular flexibility index (Phi) is 8.01. The molecule has 1 aliphatic rings. The molecule has 0 aromatic heterocycles. The second-order valence-corrected chi connectivity index (χ2v) is 4.92. The minimum Gasteiger partial charge on any atom is -0.497 e. The molecule has 2 atom stereocenters. The van der Waals surface area contributed by atoms with Crippen LogP contribution in [0.3, 0.4) is 0 Å². The van der Waals surface area contributed by atoms with E-state index in [0.717, 1.165) is 12.3 Å². The minimum absolute atomic E-state index is 0. The van der Waals surface area contributed by atoms with E-state index in [4.69, 9.17) is 14.2 Å². The summed E-state index contributed by atoms with van der Waals surface area (Å²) in [4.78, 5) is 11.9. The number of hydrogen-bond donors (Lipinski definition) is 2. The number of methoxy groups -OCH3 is 1. The number of benzene rings is 1. The molecule has 0 radical (unpaired) electrons. The van der Waals surface area contributed by atoms with Crippen molar-refractivity contribution < 1.29 is 19.0 Å². The van der Waals surface area contributed by atoms with E-state index < -0.39 is 6.10 Å². The van der Waals surface area contributed by atoms with Gasteiger partial charge >= 0.3 is 0 Å². The number of rotatable bonds is 6. The highest BCUT2D eigenvalue weighted by molar-refractivity contribution is 5.85. The molecule has 22 heavy (non-hydrogen) atoms. The van der Waals surface area contributed by atoms with Gasteiger partial charge in [-0.2, -0.15) is 0 Å². The summed E-state index contributed by atoms with van der Waals surface area (Å²) in [5.74, 6) is 1.35. The van der Waals surface area contributed by atoms with E-state index in [2.05, 4.69) is 10.6 Å². The van der Waals surface area contributed by atoms with Gasteiger partial charge < -0.3 is 24.8 Å². The first-order chi connectivity index (χ1) is 10.2.